The van der Waals surface area contributed by atoms with Crippen LogP contribution in [0.3, 0.4) is 0 Å². The molecule has 1 heterocycles. The molecule has 9 heteroatoms. The van der Waals surface area contributed by atoms with Crippen LogP contribution in [0.1, 0.15) is 26.2 Å². The third kappa shape index (κ3) is 4.30. The first-order valence-corrected chi connectivity index (χ1v) is 9.36. The van der Waals surface area contributed by atoms with E-state index in [0.717, 1.165) is 0 Å². The average molecular weight is 388 g/mol. The highest BCUT2D eigenvalue weighted by molar-refractivity contribution is 5.80. The van der Waals surface area contributed by atoms with Crippen LogP contribution in [0.4, 0.5) is 0 Å². The Morgan fingerprint density at radius 1 is 1.25 bits per heavy atom. The number of amides is 1. The van der Waals surface area contributed by atoms with Crippen LogP contribution in [-0.4, -0.2) is 56.8 Å². The highest BCUT2D eigenvalue weighted by atomic mass is 16.4. The van der Waals surface area contributed by atoms with E-state index in [1.807, 2.05) is 11.8 Å². The second-order valence-electron chi connectivity index (χ2n) is 7.04. The molecule has 3 N–H and O–H groups in total. The average Bonchev–Trinajstić information content (AvgIpc) is 2.64. The van der Waals surface area contributed by atoms with Gasteiger partial charge in [-0.3, -0.25) is 29.2 Å². The number of likely N-dealkylation sites (N-methyl/N-ethyl adjacent to an activating group) is 1. The van der Waals surface area contributed by atoms with Gasteiger partial charge in [-0.25, -0.2) is 4.68 Å². The van der Waals surface area contributed by atoms with E-state index in [1.54, 1.807) is 24.3 Å². The zero-order valence-electron chi connectivity index (χ0n) is 15.7. The van der Waals surface area contributed by atoms with E-state index in [2.05, 4.69) is 10.4 Å². The number of fused-ring (bicyclic) bond motifs is 1. The maximum absolute atomic E-state index is 12.4. The van der Waals surface area contributed by atoms with E-state index >= 15 is 0 Å². The van der Waals surface area contributed by atoms with Crippen LogP contribution in [0.25, 0.3) is 10.8 Å². The summed E-state index contributed by atoms with van der Waals surface area (Å²) in [4.78, 5) is 49.4. The van der Waals surface area contributed by atoms with Crippen molar-refractivity contribution in [1.82, 2.24) is 20.0 Å². The Balaban J connectivity index is 1.53. The molecular formula is C19H24N4O5. The van der Waals surface area contributed by atoms with E-state index in [1.165, 1.54) is 4.68 Å². The van der Waals surface area contributed by atoms with Gasteiger partial charge in [-0.2, -0.15) is 0 Å². The summed E-state index contributed by atoms with van der Waals surface area (Å²) in [6.45, 7) is 2.65. The molecule has 0 unspecified atom stereocenters. The second kappa shape index (κ2) is 8.39. The van der Waals surface area contributed by atoms with Crippen LogP contribution in [0.15, 0.2) is 33.9 Å². The van der Waals surface area contributed by atoms with E-state index in [-0.39, 0.29) is 48.6 Å². The first-order valence-electron chi connectivity index (χ1n) is 9.36. The number of aromatic nitrogens is 2. The molecule has 1 aromatic heterocycles. The summed E-state index contributed by atoms with van der Waals surface area (Å²) in [5.41, 5.74) is -0.700. The van der Waals surface area contributed by atoms with Crippen LogP contribution >= 0.6 is 0 Å². The predicted molar refractivity (Wildman–Crippen MR) is 103 cm³/mol. The lowest BCUT2D eigenvalue weighted by molar-refractivity contribution is -0.139. The number of nitrogens with one attached hydrogen (secondary N) is 2. The summed E-state index contributed by atoms with van der Waals surface area (Å²) < 4.78 is 1.17. The Morgan fingerprint density at radius 2 is 1.93 bits per heavy atom. The summed E-state index contributed by atoms with van der Waals surface area (Å²) in [6, 6.07) is 6.73. The van der Waals surface area contributed by atoms with Gasteiger partial charge in [-0.1, -0.05) is 19.1 Å². The van der Waals surface area contributed by atoms with Gasteiger partial charge in [0.2, 0.25) is 5.91 Å². The Labute approximate surface area is 160 Å². The van der Waals surface area contributed by atoms with E-state index in [0.29, 0.717) is 30.2 Å². The van der Waals surface area contributed by atoms with Crippen molar-refractivity contribution in [2.75, 3.05) is 13.1 Å². The van der Waals surface area contributed by atoms with Crippen molar-refractivity contribution in [3.05, 3.63) is 45.0 Å². The molecule has 28 heavy (non-hydrogen) atoms. The maximum atomic E-state index is 12.4. The molecule has 1 aliphatic rings. The van der Waals surface area contributed by atoms with Crippen molar-refractivity contribution in [1.29, 1.82) is 0 Å². The number of aromatic amines is 1. The lowest BCUT2D eigenvalue weighted by atomic mass is 9.85. The maximum Gasteiger partial charge on any atom is 0.317 e. The molecule has 1 amide bonds. The Bertz CT molecular complexity index is 990. The molecule has 0 radical (unpaired) electrons. The molecule has 1 aromatic carbocycles. The third-order valence-corrected chi connectivity index (χ3v) is 5.19. The van der Waals surface area contributed by atoms with E-state index in [4.69, 9.17) is 5.11 Å². The summed E-state index contributed by atoms with van der Waals surface area (Å²) in [6.07, 6.45) is 1.49. The van der Waals surface area contributed by atoms with Gasteiger partial charge in [-0.15, -0.1) is 0 Å². The van der Waals surface area contributed by atoms with Gasteiger partial charge in [0.05, 0.1) is 23.9 Å². The number of aliphatic carboxylic acids is 1. The topological polar surface area (TPSA) is 124 Å². The zero-order valence-corrected chi connectivity index (χ0v) is 15.7. The number of hydrogen-bond donors (Lipinski definition) is 3. The van der Waals surface area contributed by atoms with Crippen molar-refractivity contribution in [2.45, 2.75) is 44.8 Å². The van der Waals surface area contributed by atoms with Crippen molar-refractivity contribution < 1.29 is 14.7 Å². The quantitative estimate of drug-likeness (QED) is 0.591. The fraction of sp³-hybridized carbons (Fsp3) is 0.474. The summed E-state index contributed by atoms with van der Waals surface area (Å²) in [5.74, 6) is -1.06. The molecule has 3 rings (SSSR count). The second-order valence-corrected chi connectivity index (χ2v) is 7.04. The molecule has 1 aliphatic carbocycles. The van der Waals surface area contributed by atoms with Crippen LogP contribution in [0, 0.1) is 0 Å². The molecule has 0 spiro atoms. The molecule has 1 saturated carbocycles. The molecule has 0 aliphatic heterocycles. The third-order valence-electron chi connectivity index (χ3n) is 5.19. The fourth-order valence-corrected chi connectivity index (χ4v) is 3.59. The highest BCUT2D eigenvalue weighted by Gasteiger charge is 2.34. The molecule has 150 valence electrons. The van der Waals surface area contributed by atoms with Gasteiger partial charge < -0.3 is 10.4 Å². The fourth-order valence-electron chi connectivity index (χ4n) is 3.59. The van der Waals surface area contributed by atoms with Gasteiger partial charge >= 0.3 is 5.97 Å². The molecule has 9 nitrogen and oxygen atoms in total. The van der Waals surface area contributed by atoms with E-state index < -0.39 is 5.97 Å². The number of H-pyrrole nitrogens is 1. The number of rotatable bonds is 8. The molecule has 0 atom stereocenters. The first kappa shape index (κ1) is 19.8. The minimum Gasteiger partial charge on any atom is -0.480 e. The van der Waals surface area contributed by atoms with Crippen molar-refractivity contribution in [3.63, 3.8) is 0 Å². The van der Waals surface area contributed by atoms with Crippen LogP contribution in [0.5, 0.6) is 0 Å². The first-order chi connectivity index (χ1) is 13.4. The highest BCUT2D eigenvalue weighted by Crippen LogP contribution is 2.25. The summed E-state index contributed by atoms with van der Waals surface area (Å²) in [7, 11) is 0. The lowest BCUT2D eigenvalue weighted by Crippen LogP contribution is -2.54. The Kier molecular flexibility index (Phi) is 5.93. The number of carbonyl (C=O) groups excluding carboxylic acids is 1. The van der Waals surface area contributed by atoms with E-state index in [9.17, 15) is 19.2 Å². The Morgan fingerprint density at radius 3 is 2.57 bits per heavy atom. The van der Waals surface area contributed by atoms with Gasteiger partial charge in [-0.05, 0) is 31.5 Å². The van der Waals surface area contributed by atoms with Crippen molar-refractivity contribution in [3.8, 4) is 0 Å². The van der Waals surface area contributed by atoms with Crippen molar-refractivity contribution in [2.24, 2.45) is 0 Å². The van der Waals surface area contributed by atoms with Gasteiger partial charge in [0.25, 0.3) is 11.1 Å². The number of carbonyl (C=O) groups is 2. The smallest absolute Gasteiger partial charge is 0.317 e. The molecule has 2 aromatic rings. The summed E-state index contributed by atoms with van der Waals surface area (Å²) in [5, 5.41) is 15.0. The Hall–Kier alpha value is -2.94. The largest absolute Gasteiger partial charge is 0.480 e. The number of benzene rings is 1. The number of aryl methyl sites for hydroxylation is 1. The normalized spacial score (nSPS) is 18.8. The van der Waals surface area contributed by atoms with Gasteiger partial charge in [0.1, 0.15) is 0 Å². The standard InChI is InChI=1S/C19H24N4O5/c1-2-22(11-17(25)26)13-9-12(10-13)20-16(24)7-8-23-19(28)15-6-4-3-5-14(15)18(27)21-23/h3-6,12-13H,2,7-11H2,1H3,(H,20,24)(H,21,27)(H,25,26). The minimum absolute atomic E-state index is 0.0000762. The number of hydrogen-bond acceptors (Lipinski definition) is 5. The molecule has 0 bridgehead atoms. The number of carboxylic acid groups (broad SMARTS) is 1. The number of carboxylic acids is 1. The predicted octanol–water partition coefficient (Wildman–Crippen LogP) is 0.134. The SMILES string of the molecule is CCN(CC(=O)O)C1CC(NC(=O)CCn2[nH]c(=O)c3ccccc3c2=O)C1. The van der Waals surface area contributed by atoms with Gasteiger partial charge in [0, 0.05) is 18.5 Å². The monoisotopic (exact) mass is 388 g/mol. The number of nitrogens with zero attached hydrogens (tertiary/aromatic N) is 2. The minimum atomic E-state index is -0.857. The van der Waals surface area contributed by atoms with Crippen LogP contribution in [0.2, 0.25) is 0 Å². The van der Waals surface area contributed by atoms with Crippen molar-refractivity contribution >= 4 is 22.6 Å². The van der Waals surface area contributed by atoms with Gasteiger partial charge in [0.15, 0.2) is 0 Å². The summed E-state index contributed by atoms with van der Waals surface area (Å²) >= 11 is 0. The van der Waals surface area contributed by atoms with Crippen LogP contribution < -0.4 is 16.4 Å². The zero-order chi connectivity index (χ0) is 20.3. The van der Waals surface area contributed by atoms with Crippen LogP contribution in [-0.2, 0) is 16.1 Å². The molecular weight excluding hydrogens is 364 g/mol. The molecule has 0 saturated heterocycles. The molecule has 1 fully saturated rings. The lowest BCUT2D eigenvalue weighted by Gasteiger charge is -2.42.